The first-order valence-corrected chi connectivity index (χ1v) is 9.78. The summed E-state index contributed by atoms with van der Waals surface area (Å²) in [6.45, 7) is 5.91. The fraction of sp³-hybridized carbons (Fsp3) is 0.476. The van der Waals surface area contributed by atoms with Crippen molar-refractivity contribution in [1.82, 2.24) is 20.0 Å². The summed E-state index contributed by atoms with van der Waals surface area (Å²) in [5, 5.41) is 10.4. The van der Waals surface area contributed by atoms with Crippen molar-refractivity contribution in [3.8, 4) is 0 Å². The molecule has 0 saturated carbocycles. The molecule has 1 aromatic carbocycles. The highest BCUT2D eigenvalue weighted by atomic mass is 16.2. The number of hydrogen-bond acceptors (Lipinski definition) is 4. The van der Waals surface area contributed by atoms with E-state index in [2.05, 4.69) is 20.6 Å². The first-order chi connectivity index (χ1) is 13.4. The van der Waals surface area contributed by atoms with Gasteiger partial charge in [0.25, 0.3) is 0 Å². The zero-order valence-corrected chi connectivity index (χ0v) is 16.9. The Bertz CT molecular complexity index is 823. The maximum atomic E-state index is 12.4. The molecule has 0 unspecified atom stereocenters. The molecule has 28 heavy (non-hydrogen) atoms. The van der Waals surface area contributed by atoms with E-state index in [4.69, 9.17) is 0 Å². The number of amides is 2. The number of likely N-dealkylation sites (tertiary alicyclic amines) is 1. The van der Waals surface area contributed by atoms with E-state index in [1.807, 2.05) is 55.9 Å². The van der Waals surface area contributed by atoms with E-state index in [1.165, 1.54) is 0 Å². The van der Waals surface area contributed by atoms with Gasteiger partial charge in [-0.2, -0.15) is 5.10 Å². The Hall–Kier alpha value is -2.67. The van der Waals surface area contributed by atoms with Gasteiger partial charge in [0.2, 0.25) is 11.8 Å². The lowest BCUT2D eigenvalue weighted by Gasteiger charge is -2.31. The standard InChI is InChI=1S/C21H29N5O2/c1-15-19(16(2)25(3)24-15)13-20(27)22-18-9-11-26(12-10-18)14-21(28)23-17-7-5-4-6-8-17/h4-8,18H,9-14H2,1-3H3,(H,22,27)(H,23,28). The van der Waals surface area contributed by atoms with Crippen molar-refractivity contribution in [3.05, 3.63) is 47.3 Å². The first kappa shape index (κ1) is 20.1. The van der Waals surface area contributed by atoms with Crippen LogP contribution in [0.15, 0.2) is 30.3 Å². The summed E-state index contributed by atoms with van der Waals surface area (Å²) in [4.78, 5) is 26.7. The Kier molecular flexibility index (Phi) is 6.46. The molecule has 1 aromatic heterocycles. The summed E-state index contributed by atoms with van der Waals surface area (Å²) in [7, 11) is 1.90. The molecule has 150 valence electrons. The van der Waals surface area contributed by atoms with Gasteiger partial charge in [-0.15, -0.1) is 0 Å². The van der Waals surface area contributed by atoms with Crippen LogP contribution in [0, 0.1) is 13.8 Å². The van der Waals surface area contributed by atoms with Crippen LogP contribution in [0.2, 0.25) is 0 Å². The molecule has 2 aromatic rings. The van der Waals surface area contributed by atoms with Gasteiger partial charge in [0, 0.05) is 43.1 Å². The number of hydrogen-bond donors (Lipinski definition) is 2. The number of benzene rings is 1. The lowest BCUT2D eigenvalue weighted by atomic mass is 10.0. The first-order valence-electron chi connectivity index (χ1n) is 9.78. The molecule has 0 atom stereocenters. The number of piperidine rings is 1. The average Bonchev–Trinajstić information content (AvgIpc) is 2.90. The van der Waals surface area contributed by atoms with Crippen molar-refractivity contribution in [2.24, 2.45) is 7.05 Å². The van der Waals surface area contributed by atoms with Crippen molar-refractivity contribution in [1.29, 1.82) is 0 Å². The maximum Gasteiger partial charge on any atom is 0.238 e. The minimum Gasteiger partial charge on any atom is -0.353 e. The summed E-state index contributed by atoms with van der Waals surface area (Å²) in [5.41, 5.74) is 3.77. The van der Waals surface area contributed by atoms with Crippen LogP contribution in [0.1, 0.15) is 29.8 Å². The molecule has 1 fully saturated rings. The van der Waals surface area contributed by atoms with Gasteiger partial charge < -0.3 is 10.6 Å². The molecule has 0 spiro atoms. The number of anilines is 1. The van der Waals surface area contributed by atoms with E-state index in [9.17, 15) is 9.59 Å². The summed E-state index contributed by atoms with van der Waals surface area (Å²) in [6.07, 6.45) is 2.08. The monoisotopic (exact) mass is 383 g/mol. The number of nitrogens with one attached hydrogen (secondary N) is 2. The fourth-order valence-corrected chi connectivity index (χ4v) is 3.67. The molecule has 7 nitrogen and oxygen atoms in total. The smallest absolute Gasteiger partial charge is 0.238 e. The molecule has 1 aliphatic heterocycles. The van der Waals surface area contributed by atoms with E-state index in [1.54, 1.807) is 0 Å². The van der Waals surface area contributed by atoms with Gasteiger partial charge in [0.05, 0.1) is 18.7 Å². The average molecular weight is 383 g/mol. The highest BCUT2D eigenvalue weighted by Gasteiger charge is 2.23. The lowest BCUT2D eigenvalue weighted by molar-refractivity contribution is -0.122. The molecule has 2 heterocycles. The van der Waals surface area contributed by atoms with Gasteiger partial charge in [0.1, 0.15) is 0 Å². The van der Waals surface area contributed by atoms with Crippen molar-refractivity contribution in [2.75, 3.05) is 25.0 Å². The molecule has 1 saturated heterocycles. The number of aromatic nitrogens is 2. The van der Waals surface area contributed by atoms with Crippen LogP contribution in [0.4, 0.5) is 5.69 Å². The van der Waals surface area contributed by atoms with Crippen LogP contribution in [0.5, 0.6) is 0 Å². The third kappa shape index (κ3) is 5.19. The normalized spacial score (nSPS) is 15.4. The molecule has 0 radical (unpaired) electrons. The van der Waals surface area contributed by atoms with Crippen LogP contribution < -0.4 is 10.6 Å². The van der Waals surface area contributed by atoms with Crippen LogP contribution in [-0.2, 0) is 23.1 Å². The van der Waals surface area contributed by atoms with E-state index in [-0.39, 0.29) is 17.9 Å². The van der Waals surface area contributed by atoms with Crippen LogP contribution in [-0.4, -0.2) is 52.2 Å². The van der Waals surface area contributed by atoms with Gasteiger partial charge in [-0.3, -0.25) is 19.2 Å². The van der Waals surface area contributed by atoms with Gasteiger partial charge >= 0.3 is 0 Å². The highest BCUT2D eigenvalue weighted by Crippen LogP contribution is 2.14. The molecule has 7 heteroatoms. The molecular weight excluding hydrogens is 354 g/mol. The number of carbonyl (C=O) groups is 2. The number of aryl methyl sites for hydroxylation is 2. The van der Waals surface area contributed by atoms with Crippen molar-refractivity contribution in [2.45, 2.75) is 39.2 Å². The number of nitrogens with zero attached hydrogens (tertiary/aromatic N) is 3. The van der Waals surface area contributed by atoms with Crippen LogP contribution in [0.25, 0.3) is 0 Å². The predicted octanol–water partition coefficient (Wildman–Crippen LogP) is 1.80. The Morgan fingerprint density at radius 3 is 2.39 bits per heavy atom. The lowest BCUT2D eigenvalue weighted by Crippen LogP contribution is -2.46. The summed E-state index contributed by atoms with van der Waals surface area (Å²) in [6, 6.07) is 9.65. The SMILES string of the molecule is Cc1nn(C)c(C)c1CC(=O)NC1CCN(CC(=O)Nc2ccccc2)CC1. The van der Waals surface area contributed by atoms with Gasteiger partial charge in [-0.1, -0.05) is 18.2 Å². The van der Waals surface area contributed by atoms with Crippen molar-refractivity contribution in [3.63, 3.8) is 0 Å². The molecule has 1 aliphatic rings. The molecule has 2 N–H and O–H groups in total. The minimum atomic E-state index is -0.00351. The molecule has 0 bridgehead atoms. The van der Waals surface area contributed by atoms with E-state index in [0.29, 0.717) is 13.0 Å². The second-order valence-corrected chi connectivity index (χ2v) is 7.48. The second kappa shape index (κ2) is 9.01. The zero-order valence-electron chi connectivity index (χ0n) is 16.9. The highest BCUT2D eigenvalue weighted by molar-refractivity contribution is 5.92. The summed E-state index contributed by atoms with van der Waals surface area (Å²) in [5.74, 6) is 0.0377. The second-order valence-electron chi connectivity index (χ2n) is 7.48. The fourth-order valence-electron chi connectivity index (χ4n) is 3.67. The Morgan fingerprint density at radius 1 is 1.11 bits per heavy atom. The third-order valence-electron chi connectivity index (χ3n) is 5.37. The summed E-state index contributed by atoms with van der Waals surface area (Å²) >= 11 is 0. The third-order valence-corrected chi connectivity index (χ3v) is 5.37. The largest absolute Gasteiger partial charge is 0.353 e. The van der Waals surface area contributed by atoms with Crippen molar-refractivity contribution < 1.29 is 9.59 Å². The molecule has 2 amide bonds. The number of carbonyl (C=O) groups excluding carboxylic acids is 2. The van der Waals surface area contributed by atoms with Crippen LogP contribution in [0.3, 0.4) is 0 Å². The predicted molar refractivity (Wildman–Crippen MR) is 109 cm³/mol. The Balaban J connectivity index is 1.41. The van der Waals surface area contributed by atoms with E-state index < -0.39 is 0 Å². The van der Waals surface area contributed by atoms with Gasteiger partial charge in [-0.05, 0) is 38.8 Å². The van der Waals surface area contributed by atoms with Gasteiger partial charge in [-0.25, -0.2) is 0 Å². The van der Waals surface area contributed by atoms with E-state index in [0.717, 1.165) is 48.6 Å². The quantitative estimate of drug-likeness (QED) is 0.797. The maximum absolute atomic E-state index is 12.4. The topological polar surface area (TPSA) is 79.3 Å². The molecule has 0 aliphatic carbocycles. The Labute approximate surface area is 166 Å². The van der Waals surface area contributed by atoms with Crippen LogP contribution >= 0.6 is 0 Å². The van der Waals surface area contributed by atoms with Crippen molar-refractivity contribution >= 4 is 17.5 Å². The van der Waals surface area contributed by atoms with Gasteiger partial charge in [0.15, 0.2) is 0 Å². The minimum absolute atomic E-state index is 0.00351. The Morgan fingerprint density at radius 2 is 1.79 bits per heavy atom. The number of rotatable bonds is 6. The number of para-hydroxylation sites is 1. The zero-order chi connectivity index (χ0) is 20.1. The summed E-state index contributed by atoms with van der Waals surface area (Å²) < 4.78 is 1.82. The van der Waals surface area contributed by atoms with E-state index >= 15 is 0 Å². The molecule has 3 rings (SSSR count). The molecular formula is C21H29N5O2.